The van der Waals surface area contributed by atoms with Crippen LogP contribution in [0.3, 0.4) is 0 Å². The maximum atomic E-state index is 10.5. The van der Waals surface area contributed by atoms with Crippen LogP contribution in [0.2, 0.25) is 0 Å². The lowest BCUT2D eigenvalue weighted by Gasteiger charge is -2.34. The second-order valence-electron chi connectivity index (χ2n) is 9.37. The Morgan fingerprint density at radius 1 is 1.21 bits per heavy atom. The molecule has 0 amide bonds. The number of nitrogens with zero attached hydrogens (tertiary/aromatic N) is 6. The number of aromatic nitrogens is 3. The van der Waals surface area contributed by atoms with Crippen molar-refractivity contribution in [2.75, 3.05) is 56.5 Å². The number of hydrogen-bond acceptors (Lipinski definition) is 11. The molecule has 10 nitrogen and oxygen atoms in total. The number of nitrogens with one attached hydrogen (secondary N) is 1. The third-order valence-corrected chi connectivity index (χ3v) is 8.75. The first-order valence-electron chi connectivity index (χ1n) is 12.9. The van der Waals surface area contributed by atoms with E-state index in [2.05, 4.69) is 54.4 Å². The molecule has 2 saturated heterocycles. The van der Waals surface area contributed by atoms with Crippen molar-refractivity contribution in [2.45, 2.75) is 38.8 Å². The average molecular weight is 558 g/mol. The molecule has 2 fully saturated rings. The highest BCUT2D eigenvalue weighted by molar-refractivity contribution is 7.17. The van der Waals surface area contributed by atoms with Gasteiger partial charge in [0, 0.05) is 57.2 Å². The minimum Gasteiger partial charge on any atom is -0.481 e. The fraction of sp³-hybridized carbons (Fsp3) is 0.500. The molecule has 2 aliphatic heterocycles. The smallest absolute Gasteiger partial charge is 0.304 e. The van der Waals surface area contributed by atoms with Gasteiger partial charge in [-0.3, -0.25) is 19.4 Å². The number of thiophene rings is 1. The summed E-state index contributed by atoms with van der Waals surface area (Å²) < 4.78 is 0. The number of carboxylic acid groups (broad SMARTS) is 1. The van der Waals surface area contributed by atoms with Gasteiger partial charge in [-0.2, -0.15) is 0 Å². The van der Waals surface area contributed by atoms with Crippen LogP contribution in [0.15, 0.2) is 29.9 Å². The Morgan fingerprint density at radius 2 is 2.03 bits per heavy atom. The van der Waals surface area contributed by atoms with E-state index in [1.54, 1.807) is 28.9 Å². The Kier molecular flexibility index (Phi) is 10.2. The highest BCUT2D eigenvalue weighted by Gasteiger charge is 2.23. The van der Waals surface area contributed by atoms with Crippen molar-refractivity contribution in [2.24, 2.45) is 0 Å². The Labute approximate surface area is 231 Å². The molecule has 1 unspecified atom stereocenters. The van der Waals surface area contributed by atoms with E-state index in [0.717, 1.165) is 43.7 Å². The predicted molar refractivity (Wildman–Crippen MR) is 152 cm³/mol. The van der Waals surface area contributed by atoms with Crippen LogP contribution in [0, 0.1) is 0 Å². The second-order valence-corrected chi connectivity index (χ2v) is 11.4. The van der Waals surface area contributed by atoms with Gasteiger partial charge in [-0.15, -0.1) is 22.7 Å². The van der Waals surface area contributed by atoms with Crippen molar-refractivity contribution in [3.63, 3.8) is 0 Å². The van der Waals surface area contributed by atoms with E-state index in [9.17, 15) is 9.59 Å². The highest BCUT2D eigenvalue weighted by Crippen LogP contribution is 2.35. The summed E-state index contributed by atoms with van der Waals surface area (Å²) in [6.45, 7) is 8.36. The fourth-order valence-corrected chi connectivity index (χ4v) is 6.35. The van der Waals surface area contributed by atoms with Gasteiger partial charge in [0.05, 0.1) is 29.4 Å². The maximum Gasteiger partial charge on any atom is 0.304 e. The molecule has 3 aromatic rings. The molecule has 2 N–H and O–H groups in total. The van der Waals surface area contributed by atoms with Crippen molar-refractivity contribution in [3.05, 3.63) is 40.5 Å². The lowest BCUT2D eigenvalue weighted by molar-refractivity contribution is -0.137. The fourth-order valence-electron chi connectivity index (χ4n) is 4.59. The number of carbonyl (C=O) groups is 2. The Morgan fingerprint density at radius 3 is 2.61 bits per heavy atom. The summed E-state index contributed by atoms with van der Waals surface area (Å²) in [5.41, 5.74) is 1.49. The molecule has 0 aliphatic carbocycles. The maximum absolute atomic E-state index is 10.5. The van der Waals surface area contributed by atoms with E-state index in [4.69, 9.17) is 10.1 Å². The highest BCUT2D eigenvalue weighted by atomic mass is 32.1. The van der Waals surface area contributed by atoms with Crippen LogP contribution in [0.25, 0.3) is 10.6 Å². The van der Waals surface area contributed by atoms with Crippen LogP contribution in [-0.4, -0.2) is 94.5 Å². The predicted octanol–water partition coefficient (Wildman–Crippen LogP) is 3.78. The number of anilines is 2. The zero-order valence-electron chi connectivity index (χ0n) is 21.9. The lowest BCUT2D eigenvalue weighted by atomic mass is 10.2. The molecule has 0 radical (unpaired) electrons. The Hall–Kier alpha value is -2.93. The summed E-state index contributed by atoms with van der Waals surface area (Å²) in [7, 11) is 1.94. The minimum absolute atomic E-state index is 0.174. The number of thiazole rings is 1. The molecular weight excluding hydrogens is 522 g/mol. The van der Waals surface area contributed by atoms with Crippen LogP contribution in [0.4, 0.5) is 10.9 Å². The Balaban J connectivity index is 0.000000177. The van der Waals surface area contributed by atoms with E-state index in [1.165, 1.54) is 41.0 Å². The molecule has 3 aromatic heterocycles. The molecule has 1 atom stereocenters. The zero-order chi connectivity index (χ0) is 26.9. The Bertz CT molecular complexity index is 1160. The summed E-state index contributed by atoms with van der Waals surface area (Å²) in [6, 6.07) is 4.97. The van der Waals surface area contributed by atoms with Crippen molar-refractivity contribution in [1.82, 2.24) is 24.8 Å². The van der Waals surface area contributed by atoms with Gasteiger partial charge in [-0.05, 0) is 37.8 Å². The van der Waals surface area contributed by atoms with Crippen molar-refractivity contribution in [3.8, 4) is 10.6 Å². The van der Waals surface area contributed by atoms with E-state index in [0.29, 0.717) is 24.6 Å². The van der Waals surface area contributed by atoms with Gasteiger partial charge in [0.2, 0.25) is 0 Å². The first kappa shape index (κ1) is 28.1. The molecule has 0 spiro atoms. The molecule has 0 bridgehead atoms. The largest absolute Gasteiger partial charge is 0.481 e. The summed E-state index contributed by atoms with van der Waals surface area (Å²) in [4.78, 5) is 43.4. The van der Waals surface area contributed by atoms with Gasteiger partial charge in [0.15, 0.2) is 11.4 Å². The van der Waals surface area contributed by atoms with E-state index >= 15 is 0 Å². The molecule has 38 heavy (non-hydrogen) atoms. The number of likely N-dealkylation sites (tertiary alicyclic amines) is 1. The van der Waals surface area contributed by atoms with Crippen LogP contribution in [-0.2, 0) is 11.3 Å². The van der Waals surface area contributed by atoms with E-state index in [-0.39, 0.29) is 6.42 Å². The first-order valence-corrected chi connectivity index (χ1v) is 14.6. The molecule has 0 saturated carbocycles. The SMILES string of the molecule is CNc1nc(-c2cccs2)c(CN2CCCC2C)s1.O=Cc1cnc(N2CCN(CCC(=O)O)CC2)cn1. The van der Waals surface area contributed by atoms with Crippen molar-refractivity contribution >= 4 is 45.9 Å². The quantitative estimate of drug-likeness (QED) is 0.377. The summed E-state index contributed by atoms with van der Waals surface area (Å²) in [5, 5.41) is 15.0. The average Bonchev–Trinajstić information content (AvgIpc) is 3.70. The van der Waals surface area contributed by atoms with Gasteiger partial charge in [0.1, 0.15) is 11.5 Å². The molecule has 12 heteroatoms. The number of rotatable bonds is 9. The number of hydrogen-bond donors (Lipinski definition) is 2. The molecule has 0 aromatic carbocycles. The number of aliphatic carboxylic acids is 1. The molecule has 2 aliphatic rings. The van der Waals surface area contributed by atoms with Gasteiger partial charge >= 0.3 is 5.97 Å². The van der Waals surface area contributed by atoms with E-state index < -0.39 is 5.97 Å². The van der Waals surface area contributed by atoms with Gasteiger partial charge in [-0.1, -0.05) is 6.07 Å². The monoisotopic (exact) mass is 557 g/mol. The number of aldehydes is 1. The summed E-state index contributed by atoms with van der Waals surface area (Å²) in [5.74, 6) is -0.0127. The number of carbonyl (C=O) groups excluding carboxylic acids is 1. The first-order chi connectivity index (χ1) is 18.5. The standard InChI is InChI=1S/C14H19N3S2.C12H16N4O3/c1-10-5-3-7-17(10)9-12-13(11-6-4-8-18-11)16-14(15-2)19-12;17-9-10-7-14-11(8-13-10)16-5-3-15(4-6-16)2-1-12(18)19/h4,6,8,10H,3,5,7,9H2,1-2H3,(H,15,16);7-9H,1-6H2,(H,18,19). The minimum atomic E-state index is -0.766. The molecule has 5 rings (SSSR count). The topological polar surface area (TPSA) is 115 Å². The number of carboxylic acids is 1. The van der Waals surface area contributed by atoms with Crippen molar-refractivity contribution < 1.29 is 14.7 Å². The third-order valence-electron chi connectivity index (χ3n) is 6.82. The molecular formula is C26H35N7O3S2. The van der Waals surface area contributed by atoms with E-state index in [1.807, 2.05) is 7.05 Å². The normalized spacial score (nSPS) is 18.2. The van der Waals surface area contributed by atoms with Crippen molar-refractivity contribution in [1.29, 1.82) is 0 Å². The lowest BCUT2D eigenvalue weighted by Crippen LogP contribution is -2.47. The summed E-state index contributed by atoms with van der Waals surface area (Å²) in [6.07, 6.45) is 6.55. The van der Waals surface area contributed by atoms with Gasteiger partial charge in [0.25, 0.3) is 0 Å². The van der Waals surface area contributed by atoms with Gasteiger partial charge < -0.3 is 15.3 Å². The van der Waals surface area contributed by atoms with Crippen LogP contribution in [0.5, 0.6) is 0 Å². The third kappa shape index (κ3) is 7.56. The van der Waals surface area contributed by atoms with Crippen LogP contribution < -0.4 is 10.2 Å². The number of piperazine rings is 1. The molecule has 5 heterocycles. The van der Waals surface area contributed by atoms with Gasteiger partial charge in [-0.25, -0.2) is 15.0 Å². The zero-order valence-corrected chi connectivity index (χ0v) is 23.5. The summed E-state index contributed by atoms with van der Waals surface area (Å²) >= 11 is 3.56. The van der Waals surface area contributed by atoms with Crippen LogP contribution >= 0.6 is 22.7 Å². The molecule has 204 valence electrons. The second kappa shape index (κ2) is 13.7. The van der Waals surface area contributed by atoms with Crippen LogP contribution in [0.1, 0.15) is 41.6 Å².